The molecule has 0 spiro atoms. The highest BCUT2D eigenvalue weighted by Gasteiger charge is 2.12. The summed E-state index contributed by atoms with van der Waals surface area (Å²) in [4.78, 5) is 11.7. The van der Waals surface area contributed by atoms with Gasteiger partial charge < -0.3 is 14.6 Å². The standard InChI is InChI=1S/C14H17N3O3/c1-10-8-13(17-20-10)16-14(18)15-9-12(19-2)11-6-4-3-5-7-11/h3-8,12H,9H2,1-2H3,(H2,15,16,17,18)/t12-/m0/s1. The van der Waals surface area contributed by atoms with Crippen LogP contribution in [0, 0.1) is 6.92 Å². The quantitative estimate of drug-likeness (QED) is 0.879. The molecule has 0 fully saturated rings. The number of aryl methyl sites for hydroxylation is 1. The van der Waals surface area contributed by atoms with Gasteiger partial charge in [0.1, 0.15) is 5.76 Å². The van der Waals surface area contributed by atoms with Crippen LogP contribution in [0.1, 0.15) is 17.4 Å². The van der Waals surface area contributed by atoms with Crippen LogP contribution in [-0.4, -0.2) is 24.8 Å². The Kier molecular flexibility index (Phi) is 4.73. The Labute approximate surface area is 117 Å². The van der Waals surface area contributed by atoms with Gasteiger partial charge in [-0.1, -0.05) is 35.5 Å². The Morgan fingerprint density at radius 2 is 2.15 bits per heavy atom. The van der Waals surface area contributed by atoms with E-state index in [1.54, 1.807) is 20.1 Å². The van der Waals surface area contributed by atoms with E-state index in [0.717, 1.165) is 5.56 Å². The predicted octanol–water partition coefficient (Wildman–Crippen LogP) is 2.49. The lowest BCUT2D eigenvalue weighted by atomic mass is 10.1. The largest absolute Gasteiger partial charge is 0.375 e. The number of nitrogens with zero attached hydrogens (tertiary/aromatic N) is 1. The summed E-state index contributed by atoms with van der Waals surface area (Å²) >= 11 is 0. The van der Waals surface area contributed by atoms with E-state index in [2.05, 4.69) is 15.8 Å². The number of carbonyl (C=O) groups is 1. The van der Waals surface area contributed by atoms with E-state index in [9.17, 15) is 4.79 Å². The molecule has 6 nitrogen and oxygen atoms in total. The number of anilines is 1. The number of aromatic nitrogens is 1. The van der Waals surface area contributed by atoms with Crippen molar-refractivity contribution in [3.05, 3.63) is 47.7 Å². The van der Waals surface area contributed by atoms with Gasteiger partial charge in [-0.3, -0.25) is 5.32 Å². The maximum absolute atomic E-state index is 11.7. The zero-order valence-corrected chi connectivity index (χ0v) is 11.4. The fourth-order valence-corrected chi connectivity index (χ4v) is 1.78. The number of hydrogen-bond acceptors (Lipinski definition) is 4. The molecule has 0 bridgehead atoms. The van der Waals surface area contributed by atoms with Crippen molar-refractivity contribution in [1.82, 2.24) is 10.5 Å². The molecule has 1 atom stereocenters. The van der Waals surface area contributed by atoms with E-state index >= 15 is 0 Å². The summed E-state index contributed by atoms with van der Waals surface area (Å²) in [5.41, 5.74) is 1.01. The molecule has 106 valence electrons. The molecule has 1 aromatic heterocycles. The summed E-state index contributed by atoms with van der Waals surface area (Å²) in [5.74, 6) is 1.02. The van der Waals surface area contributed by atoms with Gasteiger partial charge in [-0.2, -0.15) is 0 Å². The maximum atomic E-state index is 11.7. The Morgan fingerprint density at radius 1 is 1.40 bits per heavy atom. The monoisotopic (exact) mass is 275 g/mol. The molecule has 2 N–H and O–H groups in total. The van der Waals surface area contributed by atoms with Gasteiger partial charge in [-0.15, -0.1) is 0 Å². The van der Waals surface area contributed by atoms with Crippen molar-refractivity contribution in [2.45, 2.75) is 13.0 Å². The van der Waals surface area contributed by atoms with Crippen molar-refractivity contribution in [3.8, 4) is 0 Å². The fourth-order valence-electron chi connectivity index (χ4n) is 1.78. The third-order valence-corrected chi connectivity index (χ3v) is 2.77. The predicted molar refractivity (Wildman–Crippen MR) is 74.5 cm³/mol. The summed E-state index contributed by atoms with van der Waals surface area (Å²) < 4.78 is 10.2. The lowest BCUT2D eigenvalue weighted by molar-refractivity contribution is 0.104. The molecule has 6 heteroatoms. The molecular weight excluding hydrogens is 258 g/mol. The minimum atomic E-state index is -0.351. The lowest BCUT2D eigenvalue weighted by Crippen LogP contribution is -2.33. The molecule has 0 aliphatic heterocycles. The molecule has 0 saturated heterocycles. The summed E-state index contributed by atoms with van der Waals surface area (Å²) in [6, 6.07) is 11.0. The summed E-state index contributed by atoms with van der Waals surface area (Å²) in [7, 11) is 1.61. The Morgan fingerprint density at radius 3 is 2.75 bits per heavy atom. The van der Waals surface area contributed by atoms with Crippen LogP contribution >= 0.6 is 0 Å². The van der Waals surface area contributed by atoms with Crippen LogP contribution in [0.3, 0.4) is 0 Å². The number of nitrogens with one attached hydrogen (secondary N) is 2. The molecule has 20 heavy (non-hydrogen) atoms. The summed E-state index contributed by atoms with van der Waals surface area (Å²) in [5, 5.41) is 9.00. The van der Waals surface area contributed by atoms with Gasteiger partial charge in [0.05, 0.1) is 6.10 Å². The second kappa shape index (κ2) is 6.72. The van der Waals surface area contributed by atoms with Gasteiger partial charge in [0.25, 0.3) is 0 Å². The van der Waals surface area contributed by atoms with E-state index in [4.69, 9.17) is 9.26 Å². The van der Waals surface area contributed by atoms with Crippen LogP contribution in [0.15, 0.2) is 40.9 Å². The van der Waals surface area contributed by atoms with Gasteiger partial charge in [-0.05, 0) is 12.5 Å². The van der Waals surface area contributed by atoms with E-state index in [1.807, 2.05) is 30.3 Å². The number of benzene rings is 1. The Balaban J connectivity index is 1.85. The zero-order valence-electron chi connectivity index (χ0n) is 11.4. The number of ether oxygens (including phenoxy) is 1. The summed E-state index contributed by atoms with van der Waals surface area (Å²) in [6.45, 7) is 2.12. The van der Waals surface area contributed by atoms with Gasteiger partial charge in [-0.25, -0.2) is 4.79 Å². The van der Waals surface area contributed by atoms with E-state index in [0.29, 0.717) is 18.1 Å². The van der Waals surface area contributed by atoms with Crippen LogP contribution in [0.5, 0.6) is 0 Å². The number of rotatable bonds is 5. The van der Waals surface area contributed by atoms with Gasteiger partial charge in [0.2, 0.25) is 0 Å². The average Bonchev–Trinajstić information content (AvgIpc) is 2.86. The topological polar surface area (TPSA) is 76.4 Å². The van der Waals surface area contributed by atoms with Crippen LogP contribution in [0.4, 0.5) is 10.6 Å². The van der Waals surface area contributed by atoms with E-state index in [-0.39, 0.29) is 12.1 Å². The van der Waals surface area contributed by atoms with Crippen molar-refractivity contribution in [3.63, 3.8) is 0 Å². The first kappa shape index (κ1) is 14.1. The molecule has 2 aromatic rings. The third kappa shape index (κ3) is 3.83. The van der Waals surface area contributed by atoms with Crippen LogP contribution in [0.2, 0.25) is 0 Å². The fraction of sp³-hybridized carbons (Fsp3) is 0.286. The highest BCUT2D eigenvalue weighted by Crippen LogP contribution is 2.15. The average molecular weight is 275 g/mol. The highest BCUT2D eigenvalue weighted by molar-refractivity contribution is 5.88. The molecule has 0 radical (unpaired) electrons. The van der Waals surface area contributed by atoms with Gasteiger partial charge in [0, 0.05) is 19.7 Å². The lowest BCUT2D eigenvalue weighted by Gasteiger charge is -2.16. The normalized spacial score (nSPS) is 11.9. The first-order chi connectivity index (χ1) is 9.69. The number of urea groups is 1. The first-order valence-electron chi connectivity index (χ1n) is 6.25. The molecule has 0 unspecified atom stereocenters. The first-order valence-corrected chi connectivity index (χ1v) is 6.25. The smallest absolute Gasteiger partial charge is 0.320 e. The van der Waals surface area contributed by atoms with Crippen molar-refractivity contribution >= 4 is 11.8 Å². The second-order valence-corrected chi connectivity index (χ2v) is 4.29. The number of carbonyl (C=O) groups excluding carboxylic acids is 1. The van der Waals surface area contributed by atoms with Crippen molar-refractivity contribution in [1.29, 1.82) is 0 Å². The molecule has 2 amide bonds. The molecule has 1 aromatic carbocycles. The SMILES string of the molecule is CO[C@@H](CNC(=O)Nc1cc(C)on1)c1ccccc1. The molecule has 0 saturated carbocycles. The van der Waals surface area contributed by atoms with Crippen LogP contribution in [-0.2, 0) is 4.74 Å². The van der Waals surface area contributed by atoms with Gasteiger partial charge in [0.15, 0.2) is 5.82 Å². The van der Waals surface area contributed by atoms with E-state index in [1.165, 1.54) is 0 Å². The molecule has 1 heterocycles. The number of amides is 2. The van der Waals surface area contributed by atoms with Crippen LogP contribution < -0.4 is 10.6 Å². The Hall–Kier alpha value is -2.34. The molecule has 0 aliphatic rings. The highest BCUT2D eigenvalue weighted by atomic mass is 16.5. The molecule has 2 rings (SSSR count). The minimum absolute atomic E-state index is 0.194. The Bertz CT molecular complexity index is 554. The van der Waals surface area contributed by atoms with E-state index < -0.39 is 0 Å². The number of methoxy groups -OCH3 is 1. The molecular formula is C14H17N3O3. The van der Waals surface area contributed by atoms with Crippen molar-refractivity contribution < 1.29 is 14.1 Å². The number of hydrogen-bond donors (Lipinski definition) is 2. The zero-order chi connectivity index (χ0) is 14.4. The molecule has 0 aliphatic carbocycles. The van der Waals surface area contributed by atoms with Crippen LogP contribution in [0.25, 0.3) is 0 Å². The minimum Gasteiger partial charge on any atom is -0.375 e. The van der Waals surface area contributed by atoms with Crippen molar-refractivity contribution in [2.75, 3.05) is 19.0 Å². The summed E-state index contributed by atoms with van der Waals surface area (Å²) in [6.07, 6.45) is -0.194. The second-order valence-electron chi connectivity index (χ2n) is 4.29. The van der Waals surface area contributed by atoms with Gasteiger partial charge >= 0.3 is 6.03 Å². The van der Waals surface area contributed by atoms with Crippen molar-refractivity contribution in [2.24, 2.45) is 0 Å². The maximum Gasteiger partial charge on any atom is 0.320 e. The third-order valence-electron chi connectivity index (χ3n) is 2.77.